The van der Waals surface area contributed by atoms with Gasteiger partial charge < -0.3 is 15.0 Å². The number of guanidine groups is 1. The van der Waals surface area contributed by atoms with Gasteiger partial charge >= 0.3 is 0 Å². The summed E-state index contributed by atoms with van der Waals surface area (Å²) in [7, 11) is 1.76. The van der Waals surface area contributed by atoms with Crippen LogP contribution in [-0.2, 0) is 28.9 Å². The summed E-state index contributed by atoms with van der Waals surface area (Å²) in [5, 5.41) is 3.30. The van der Waals surface area contributed by atoms with Crippen LogP contribution < -0.4 is 14.8 Å². The van der Waals surface area contributed by atoms with E-state index in [4.69, 9.17) is 9.73 Å². The minimum absolute atomic E-state index is 0. The summed E-state index contributed by atoms with van der Waals surface area (Å²) in [6.45, 7) is 3.87. The zero-order chi connectivity index (χ0) is 21.3. The van der Waals surface area contributed by atoms with Gasteiger partial charge in [0.2, 0.25) is 10.0 Å². The highest BCUT2D eigenvalue weighted by Crippen LogP contribution is 2.19. The number of ether oxygens (including phenoxy) is 1. The molecule has 0 fully saturated rings. The normalized spacial score (nSPS) is 11.5. The van der Waals surface area contributed by atoms with Crippen LogP contribution in [0.1, 0.15) is 23.6 Å². The van der Waals surface area contributed by atoms with E-state index >= 15 is 0 Å². The van der Waals surface area contributed by atoms with Crippen LogP contribution in [0.25, 0.3) is 0 Å². The predicted octanol–water partition coefficient (Wildman–Crippen LogP) is 2.96. The van der Waals surface area contributed by atoms with E-state index in [0.717, 1.165) is 34.9 Å². The minimum Gasteiger partial charge on any atom is -0.496 e. The highest BCUT2D eigenvalue weighted by Gasteiger charge is 2.11. The summed E-state index contributed by atoms with van der Waals surface area (Å²) in [6.07, 6.45) is 0. The van der Waals surface area contributed by atoms with Crippen LogP contribution in [0.15, 0.2) is 53.5 Å². The molecule has 2 rings (SSSR count). The molecule has 7 nitrogen and oxygen atoms in total. The largest absolute Gasteiger partial charge is 0.496 e. The van der Waals surface area contributed by atoms with E-state index in [0.29, 0.717) is 13.1 Å². The first-order valence-corrected chi connectivity index (χ1v) is 11.1. The molecular formula is C21H31IN4O3S. The molecule has 0 spiro atoms. The average Bonchev–Trinajstić information content (AvgIpc) is 2.71. The first-order chi connectivity index (χ1) is 13.9. The Morgan fingerprint density at radius 3 is 2.50 bits per heavy atom. The molecule has 166 valence electrons. The summed E-state index contributed by atoms with van der Waals surface area (Å²) in [6, 6.07) is 15.4. The van der Waals surface area contributed by atoms with Crippen molar-refractivity contribution in [3.05, 3.63) is 65.2 Å². The van der Waals surface area contributed by atoms with Gasteiger partial charge in [0.1, 0.15) is 5.75 Å². The Balaban J connectivity index is 0.00000450. The lowest BCUT2D eigenvalue weighted by atomic mass is 10.1. The molecule has 2 aromatic rings. The van der Waals surface area contributed by atoms with Crippen molar-refractivity contribution in [3.8, 4) is 5.75 Å². The first kappa shape index (κ1) is 26.2. The van der Waals surface area contributed by atoms with Crippen molar-refractivity contribution in [2.75, 3.05) is 27.7 Å². The molecule has 30 heavy (non-hydrogen) atoms. The second-order valence-electron chi connectivity index (χ2n) is 6.62. The lowest BCUT2D eigenvalue weighted by Crippen LogP contribution is -2.38. The zero-order valence-corrected chi connectivity index (χ0v) is 21.0. The number of halogens is 1. The van der Waals surface area contributed by atoms with Gasteiger partial charge in [-0.25, -0.2) is 18.1 Å². The molecule has 0 heterocycles. The van der Waals surface area contributed by atoms with Gasteiger partial charge in [0, 0.05) is 25.7 Å². The number of methoxy groups -OCH3 is 1. The smallest absolute Gasteiger partial charge is 0.215 e. The van der Waals surface area contributed by atoms with Crippen molar-refractivity contribution in [1.29, 1.82) is 0 Å². The highest BCUT2D eigenvalue weighted by atomic mass is 127. The molecule has 2 aromatic carbocycles. The molecule has 0 aliphatic heterocycles. The van der Waals surface area contributed by atoms with Gasteiger partial charge in [0.05, 0.1) is 19.4 Å². The fourth-order valence-corrected chi connectivity index (χ4v) is 3.67. The summed E-state index contributed by atoms with van der Waals surface area (Å²) >= 11 is 0. The minimum atomic E-state index is -3.30. The van der Waals surface area contributed by atoms with Crippen LogP contribution in [0, 0.1) is 0 Å². The summed E-state index contributed by atoms with van der Waals surface area (Å²) in [4.78, 5) is 6.76. The Morgan fingerprint density at radius 1 is 1.13 bits per heavy atom. The van der Waals surface area contributed by atoms with E-state index in [1.54, 1.807) is 13.2 Å². The maximum absolute atomic E-state index is 11.8. The van der Waals surface area contributed by atoms with Gasteiger partial charge in [0.25, 0.3) is 0 Å². The number of para-hydroxylation sites is 1. The third-order valence-corrected chi connectivity index (χ3v) is 5.70. The molecular weight excluding hydrogens is 515 g/mol. The van der Waals surface area contributed by atoms with Gasteiger partial charge in [-0.15, -0.1) is 24.0 Å². The highest BCUT2D eigenvalue weighted by molar-refractivity contribution is 14.0. The lowest BCUT2D eigenvalue weighted by Gasteiger charge is -2.23. The molecule has 0 atom stereocenters. The van der Waals surface area contributed by atoms with Crippen molar-refractivity contribution in [3.63, 3.8) is 0 Å². The van der Waals surface area contributed by atoms with E-state index in [1.807, 2.05) is 61.3 Å². The molecule has 0 saturated carbocycles. The Morgan fingerprint density at radius 2 is 1.83 bits per heavy atom. The van der Waals surface area contributed by atoms with Gasteiger partial charge in [-0.1, -0.05) is 42.5 Å². The van der Waals surface area contributed by atoms with Crippen LogP contribution >= 0.6 is 24.0 Å². The standard InChI is InChI=1S/C21H30N4O3S.HI/c1-5-23-21(25(3)15-19-11-6-7-12-20(19)28-4)24-14-17-9-8-10-18(13-17)16-29(26,27)22-2;/h6-13,22H,5,14-16H2,1-4H3,(H,23,24);1H. The third kappa shape index (κ3) is 8.11. The molecule has 0 radical (unpaired) electrons. The monoisotopic (exact) mass is 546 g/mol. The van der Waals surface area contributed by atoms with Crippen molar-refractivity contribution in [2.24, 2.45) is 4.99 Å². The average molecular weight is 546 g/mol. The summed E-state index contributed by atoms with van der Waals surface area (Å²) < 4.78 is 31.3. The van der Waals surface area contributed by atoms with Gasteiger partial charge in [-0.05, 0) is 31.2 Å². The number of aliphatic imine (C=N–C) groups is 1. The van der Waals surface area contributed by atoms with Crippen molar-refractivity contribution in [1.82, 2.24) is 14.9 Å². The second-order valence-corrected chi connectivity index (χ2v) is 8.55. The topological polar surface area (TPSA) is 83.0 Å². The maximum atomic E-state index is 11.8. The number of sulfonamides is 1. The second kappa shape index (κ2) is 12.8. The number of hydrogen-bond donors (Lipinski definition) is 2. The fourth-order valence-electron chi connectivity index (χ4n) is 2.91. The maximum Gasteiger partial charge on any atom is 0.215 e. The Bertz CT molecular complexity index is 935. The molecule has 0 bridgehead atoms. The lowest BCUT2D eigenvalue weighted by molar-refractivity contribution is 0.396. The number of nitrogens with one attached hydrogen (secondary N) is 2. The van der Waals surface area contributed by atoms with Crippen LogP contribution in [0.4, 0.5) is 0 Å². The van der Waals surface area contributed by atoms with Crippen LogP contribution in [0.2, 0.25) is 0 Å². The molecule has 2 N–H and O–H groups in total. The quantitative estimate of drug-likeness (QED) is 0.287. The van der Waals surface area contributed by atoms with Crippen molar-refractivity contribution < 1.29 is 13.2 Å². The van der Waals surface area contributed by atoms with E-state index in [2.05, 4.69) is 10.0 Å². The molecule has 0 aliphatic carbocycles. The third-order valence-electron chi connectivity index (χ3n) is 4.37. The number of benzene rings is 2. The summed E-state index contributed by atoms with van der Waals surface area (Å²) in [5.74, 6) is 1.56. The van der Waals surface area contributed by atoms with Gasteiger partial charge in [-0.3, -0.25) is 0 Å². The van der Waals surface area contributed by atoms with Crippen molar-refractivity contribution >= 4 is 40.0 Å². The van der Waals surface area contributed by atoms with Crippen LogP contribution in [0.5, 0.6) is 5.75 Å². The fraction of sp³-hybridized carbons (Fsp3) is 0.381. The van der Waals surface area contributed by atoms with E-state index in [9.17, 15) is 8.42 Å². The summed E-state index contributed by atoms with van der Waals surface area (Å²) in [5.41, 5.74) is 2.76. The molecule has 0 aromatic heterocycles. The Hall–Kier alpha value is -1.85. The van der Waals surface area contributed by atoms with Crippen LogP contribution in [0.3, 0.4) is 0 Å². The zero-order valence-electron chi connectivity index (χ0n) is 17.9. The van der Waals surface area contributed by atoms with E-state index in [1.165, 1.54) is 7.05 Å². The Kier molecular flexibility index (Phi) is 11.1. The van der Waals surface area contributed by atoms with Gasteiger partial charge in [0.15, 0.2) is 5.96 Å². The molecule has 0 amide bonds. The number of hydrogen-bond acceptors (Lipinski definition) is 4. The molecule has 0 unspecified atom stereocenters. The predicted molar refractivity (Wildman–Crippen MR) is 133 cm³/mol. The van der Waals surface area contributed by atoms with Crippen LogP contribution in [-0.4, -0.2) is 47.0 Å². The first-order valence-electron chi connectivity index (χ1n) is 9.49. The molecule has 0 aliphatic rings. The van der Waals surface area contributed by atoms with Gasteiger partial charge in [-0.2, -0.15) is 0 Å². The van der Waals surface area contributed by atoms with Crippen molar-refractivity contribution in [2.45, 2.75) is 25.8 Å². The molecule has 0 saturated heterocycles. The number of rotatable bonds is 9. The Labute approximate surface area is 197 Å². The number of nitrogens with zero attached hydrogens (tertiary/aromatic N) is 2. The molecule has 9 heteroatoms. The van der Waals surface area contributed by atoms with E-state index < -0.39 is 10.0 Å². The SMILES string of the molecule is CCNC(=NCc1cccc(CS(=O)(=O)NC)c1)N(C)Cc1ccccc1OC.I. The van der Waals surface area contributed by atoms with E-state index in [-0.39, 0.29) is 29.7 Å².